The van der Waals surface area contributed by atoms with Gasteiger partial charge in [-0.15, -0.1) is 4.91 Å². The van der Waals surface area contributed by atoms with Crippen LogP contribution in [0, 0.1) is 4.91 Å². The second-order valence-corrected chi connectivity index (χ2v) is 21.5. The summed E-state index contributed by atoms with van der Waals surface area (Å²) in [6.45, 7) is 7.46. The summed E-state index contributed by atoms with van der Waals surface area (Å²) in [5.74, 6) is -1.79. The van der Waals surface area contributed by atoms with Gasteiger partial charge < -0.3 is 29.0 Å². The number of carbonyl (C=O) groups excluding carboxylic acids is 6. The van der Waals surface area contributed by atoms with Crippen molar-refractivity contribution >= 4 is 102 Å². The summed E-state index contributed by atoms with van der Waals surface area (Å²) >= 11 is 5.08. The Bertz CT molecular complexity index is 4360. The van der Waals surface area contributed by atoms with Gasteiger partial charge in [0, 0.05) is 63.0 Å². The van der Waals surface area contributed by atoms with Crippen LogP contribution in [-0.4, -0.2) is 91.7 Å². The van der Waals surface area contributed by atoms with E-state index in [0.29, 0.717) is 53.8 Å². The summed E-state index contributed by atoms with van der Waals surface area (Å²) in [6.07, 6.45) is 9.78. The fraction of sp³-hybridized carbons (Fsp3) is 0.145. The number of aromatic amines is 1. The van der Waals surface area contributed by atoms with Gasteiger partial charge in [-0.3, -0.25) is 42.5 Å². The van der Waals surface area contributed by atoms with Gasteiger partial charge in [-0.2, -0.15) is 0 Å². The van der Waals surface area contributed by atoms with E-state index in [-0.39, 0.29) is 55.4 Å². The average molecular weight is 1300 g/mol. The molecule has 0 unspecified atom stereocenters. The molecule has 4 aromatic heterocycles. The molecule has 8 aromatic carbocycles. The first-order valence-corrected chi connectivity index (χ1v) is 30.3. The first-order chi connectivity index (χ1) is 46.2. The molecule has 0 radical (unpaired) electrons. The maximum atomic E-state index is 12.3. The number of carboxylic acid groups (broad SMARTS) is 1. The number of aromatic nitrogens is 4. The largest absolute Gasteiger partial charge is 0.478 e. The van der Waals surface area contributed by atoms with E-state index in [1.807, 2.05) is 183 Å². The number of H-pyrrole nitrogens is 1. The van der Waals surface area contributed by atoms with E-state index in [1.54, 1.807) is 54.9 Å². The van der Waals surface area contributed by atoms with E-state index in [2.05, 4.69) is 30.1 Å². The monoisotopic (exact) mass is 1300 g/mol. The van der Waals surface area contributed by atoms with E-state index >= 15 is 0 Å². The van der Waals surface area contributed by atoms with Crippen LogP contribution in [0.3, 0.4) is 0 Å². The third kappa shape index (κ3) is 21.8. The number of hydrogen-bond donors (Lipinski definition) is 2. The van der Waals surface area contributed by atoms with Gasteiger partial charge in [-0.25, -0.2) is 4.79 Å². The molecule has 18 nitrogen and oxygen atoms in total. The number of aromatic carboxylic acids is 1. The Hall–Kier alpha value is -11.1. The number of allylic oxidation sites excluding steroid dienone is 2. The van der Waals surface area contributed by atoms with Gasteiger partial charge in [0.2, 0.25) is 5.24 Å². The van der Waals surface area contributed by atoms with Crippen LogP contribution in [0.4, 0.5) is 5.69 Å². The second-order valence-electron chi connectivity index (χ2n) is 21.0. The Morgan fingerprint density at radius 2 is 0.800 bits per heavy atom. The Balaban J connectivity index is 0.000000169. The first kappa shape index (κ1) is 71.3. The summed E-state index contributed by atoms with van der Waals surface area (Å²) in [4.78, 5) is 93.9. The highest BCUT2D eigenvalue weighted by Crippen LogP contribution is 2.28. The summed E-state index contributed by atoms with van der Waals surface area (Å²) in [5.41, 5.74) is 9.96. The second kappa shape index (κ2) is 38.0. The van der Waals surface area contributed by atoms with Crippen molar-refractivity contribution in [2.75, 3.05) is 26.4 Å². The molecule has 12 rings (SSSR count). The van der Waals surface area contributed by atoms with Crippen molar-refractivity contribution in [2.24, 2.45) is 5.18 Å². The maximum Gasteiger partial charge on any atom is 0.337 e. The highest BCUT2D eigenvalue weighted by atomic mass is 35.5. The van der Waals surface area contributed by atoms with Crippen molar-refractivity contribution in [1.82, 2.24) is 18.7 Å². The molecule has 0 bridgehead atoms. The molecular weight excluding hydrogens is 1230 g/mol. The van der Waals surface area contributed by atoms with Gasteiger partial charge in [0.05, 0.1) is 48.5 Å². The maximum absolute atomic E-state index is 12.3. The Labute approximate surface area is 553 Å². The number of nitrogens with one attached hydrogen (secondary N) is 1. The summed E-state index contributed by atoms with van der Waals surface area (Å²) in [5, 5.41) is 14.7. The molecule has 4 heterocycles. The van der Waals surface area contributed by atoms with Crippen LogP contribution < -0.4 is 0 Å². The van der Waals surface area contributed by atoms with Gasteiger partial charge in [0.1, 0.15) is 32.1 Å². The molecule has 2 N–H and O–H groups in total. The number of para-hydroxylation sites is 4. The molecule has 0 atom stereocenters. The smallest absolute Gasteiger partial charge is 0.337 e. The lowest BCUT2D eigenvalue weighted by molar-refractivity contribution is -0.116. The van der Waals surface area contributed by atoms with Crippen molar-refractivity contribution in [2.45, 2.75) is 47.2 Å². The van der Waals surface area contributed by atoms with Gasteiger partial charge in [-0.1, -0.05) is 206 Å². The van der Waals surface area contributed by atoms with Crippen LogP contribution in [0.25, 0.3) is 43.6 Å². The molecule has 0 spiro atoms. The zero-order valence-corrected chi connectivity index (χ0v) is 53.3. The number of hydrogen-bond acceptors (Lipinski definition) is 13. The topological polar surface area (TPSA) is 237 Å². The van der Waals surface area contributed by atoms with Gasteiger partial charge >= 0.3 is 5.97 Å². The van der Waals surface area contributed by atoms with Crippen LogP contribution in [0.2, 0.25) is 0 Å². The fourth-order valence-electron chi connectivity index (χ4n) is 9.22. The van der Waals surface area contributed by atoms with E-state index in [9.17, 15) is 43.6 Å². The quantitative estimate of drug-likeness (QED) is 0.0313. The van der Waals surface area contributed by atoms with Crippen LogP contribution in [0.5, 0.6) is 0 Å². The molecule has 0 saturated heterocycles. The molecule has 19 heteroatoms. The standard InChI is InChI=1S/C18H15NO4.C18H15NO3.C17H14N2O3.C9H9ClO2.C9H7NO.C5H10/c20-17(12-23-11-13-6-2-1-3-7-13)19-10-15(18(21)22)14-8-4-5-9-16(14)19;20-11-15-10-19(17-9-5-4-8-16(15)17)18(21)13-22-12-14-6-2-1-3-7-14;20-17(12-22-11-13-6-2-1-3-7-13)19-10-15(18-21)14-8-4-5-9-16(14)19;10-9(11)7-12-6-8-4-2-1-3-5-8;11-6-7-5-10-9-4-2-1-3-8(7)9;1-4-5(2)3/h1-10H,11-12H2,(H,21,22);1-11H,12-13H2;1-10H,11-12H2;1-5H,6-7H2;1-6,10H;4H,1-3H3. The minimum absolute atomic E-state index is 0.0313. The van der Waals surface area contributed by atoms with Crippen LogP contribution in [-0.2, 0) is 50.2 Å². The molecule has 0 aliphatic rings. The average Bonchev–Trinajstić information content (AvgIpc) is 1.72. The van der Waals surface area contributed by atoms with E-state index in [4.69, 9.17) is 30.5 Å². The number of rotatable bonds is 20. The third-order valence-corrected chi connectivity index (χ3v) is 14.2. The minimum atomic E-state index is -1.06. The number of benzene rings is 8. The molecule has 0 saturated carbocycles. The van der Waals surface area contributed by atoms with Crippen molar-refractivity contribution in [1.29, 1.82) is 0 Å². The fourth-order valence-corrected chi connectivity index (χ4v) is 9.30. The normalized spacial score (nSPS) is 10.4. The predicted molar refractivity (Wildman–Crippen MR) is 370 cm³/mol. The first-order valence-electron chi connectivity index (χ1n) is 29.9. The Morgan fingerprint density at radius 3 is 1.21 bits per heavy atom. The Kier molecular flexibility index (Phi) is 28.5. The number of nitroso groups, excluding NO2 is 1. The molecular formula is C76H70ClN5O13. The van der Waals surface area contributed by atoms with Crippen molar-refractivity contribution in [3.8, 4) is 0 Å². The van der Waals surface area contributed by atoms with Gasteiger partial charge in [0.25, 0.3) is 17.7 Å². The molecule has 0 amide bonds. The predicted octanol–water partition coefficient (Wildman–Crippen LogP) is 16.3. The number of carboxylic acids is 1. The summed E-state index contributed by atoms with van der Waals surface area (Å²) < 4.78 is 25.6. The highest BCUT2D eigenvalue weighted by molar-refractivity contribution is 6.63. The summed E-state index contributed by atoms with van der Waals surface area (Å²) in [6, 6.07) is 67.6. The van der Waals surface area contributed by atoms with Gasteiger partial charge in [0.15, 0.2) is 12.6 Å². The summed E-state index contributed by atoms with van der Waals surface area (Å²) in [7, 11) is 0. The van der Waals surface area contributed by atoms with E-state index in [0.717, 1.165) is 62.2 Å². The minimum Gasteiger partial charge on any atom is -0.478 e. The lowest BCUT2D eigenvalue weighted by atomic mass is 10.2. The van der Waals surface area contributed by atoms with Crippen molar-refractivity contribution in [3.63, 3.8) is 0 Å². The molecule has 484 valence electrons. The van der Waals surface area contributed by atoms with Crippen LogP contribution in [0.1, 0.15) is 88.5 Å². The molecule has 0 aliphatic heterocycles. The number of halogens is 1. The number of aldehydes is 2. The van der Waals surface area contributed by atoms with E-state index < -0.39 is 11.2 Å². The molecule has 95 heavy (non-hydrogen) atoms. The van der Waals surface area contributed by atoms with E-state index in [1.165, 1.54) is 31.7 Å². The zero-order chi connectivity index (χ0) is 67.7. The number of nitrogens with zero attached hydrogens (tertiary/aromatic N) is 4. The van der Waals surface area contributed by atoms with Crippen LogP contribution in [0.15, 0.2) is 260 Å². The highest BCUT2D eigenvalue weighted by Gasteiger charge is 2.19. The molecule has 0 aliphatic carbocycles. The van der Waals surface area contributed by atoms with Crippen molar-refractivity contribution in [3.05, 3.63) is 299 Å². The SMILES string of the molecule is CC=C(C)C.O=C(Cl)COCc1ccccc1.O=C(O)c1cn(C(=O)COCc2ccccc2)c2ccccc12.O=Cc1c[nH]c2ccccc12.O=Cc1cn(C(=O)COCc2ccccc2)c2ccccc12.O=Nc1cn(C(=O)COCc2ccccc2)c2ccccc12. The molecule has 12 aromatic rings. The molecule has 0 fully saturated rings. The Morgan fingerprint density at radius 1 is 0.453 bits per heavy atom. The lowest BCUT2D eigenvalue weighted by Gasteiger charge is -2.06. The number of fused-ring (bicyclic) bond motifs is 4. The van der Waals surface area contributed by atoms with Crippen molar-refractivity contribution < 1.29 is 57.6 Å². The van der Waals surface area contributed by atoms with Crippen LogP contribution >= 0.6 is 11.6 Å². The third-order valence-electron chi connectivity index (χ3n) is 14.1. The van der Waals surface area contributed by atoms with Gasteiger partial charge in [-0.05, 0) is 84.1 Å². The lowest BCUT2D eigenvalue weighted by Crippen LogP contribution is -2.16. The number of carbonyl (C=O) groups is 7. The zero-order valence-electron chi connectivity index (χ0n) is 52.5. The number of ether oxygens (including phenoxy) is 4.